The quantitative estimate of drug-likeness (QED) is 0.190. The lowest BCUT2D eigenvalue weighted by molar-refractivity contribution is 0.0954. The van der Waals surface area contributed by atoms with E-state index in [9.17, 15) is 9.59 Å². The van der Waals surface area contributed by atoms with Gasteiger partial charge in [0.1, 0.15) is 5.75 Å². The van der Waals surface area contributed by atoms with Gasteiger partial charge in [0, 0.05) is 65.3 Å². The third kappa shape index (κ3) is 6.74. The Morgan fingerprint density at radius 1 is 0.956 bits per heavy atom. The van der Waals surface area contributed by atoms with E-state index in [1.807, 2.05) is 59.2 Å². The first-order valence-corrected chi connectivity index (χ1v) is 15.0. The molecular weight excluding hydrogens is 584 g/mol. The van der Waals surface area contributed by atoms with Crippen molar-refractivity contribution < 1.29 is 14.3 Å². The summed E-state index contributed by atoms with van der Waals surface area (Å²) in [4.78, 5) is 35.5. The van der Waals surface area contributed by atoms with Crippen molar-refractivity contribution in [1.82, 2.24) is 19.9 Å². The first-order chi connectivity index (χ1) is 22.0. The number of hydrogen-bond donors (Lipinski definition) is 2. The summed E-state index contributed by atoms with van der Waals surface area (Å²) in [5.74, 6) is 0.167. The molecule has 3 aromatic carbocycles. The molecule has 0 spiro atoms. The van der Waals surface area contributed by atoms with E-state index in [4.69, 9.17) is 10.00 Å². The van der Waals surface area contributed by atoms with Crippen LogP contribution in [0.2, 0.25) is 0 Å². The van der Waals surface area contributed by atoms with Crippen molar-refractivity contribution in [1.29, 1.82) is 5.26 Å². The van der Waals surface area contributed by atoms with Crippen LogP contribution >= 0.6 is 11.3 Å². The van der Waals surface area contributed by atoms with Crippen LogP contribution in [-0.2, 0) is 19.5 Å². The van der Waals surface area contributed by atoms with Crippen molar-refractivity contribution in [2.75, 3.05) is 12.4 Å². The largest absolute Gasteiger partial charge is 0.496 e. The Morgan fingerprint density at radius 2 is 1.82 bits per heavy atom. The van der Waals surface area contributed by atoms with E-state index in [1.54, 1.807) is 56.3 Å². The third-order valence-electron chi connectivity index (χ3n) is 7.36. The second kappa shape index (κ2) is 13.2. The number of anilines is 1. The molecule has 0 saturated heterocycles. The molecule has 0 aliphatic rings. The first kappa shape index (κ1) is 29.3. The number of amides is 2. The van der Waals surface area contributed by atoms with Crippen LogP contribution < -0.4 is 15.4 Å². The predicted molar refractivity (Wildman–Crippen MR) is 173 cm³/mol. The van der Waals surface area contributed by atoms with E-state index < -0.39 is 0 Å². The third-order valence-corrected chi connectivity index (χ3v) is 8.48. The van der Waals surface area contributed by atoms with Crippen LogP contribution in [0.5, 0.6) is 5.75 Å². The number of nitrogens with one attached hydrogen (secondary N) is 2. The van der Waals surface area contributed by atoms with Crippen molar-refractivity contribution in [3.05, 3.63) is 142 Å². The number of rotatable bonds is 10. The maximum Gasteiger partial charge on any atom is 0.261 e. The number of pyridine rings is 1. The number of aromatic nitrogens is 3. The van der Waals surface area contributed by atoms with Gasteiger partial charge in [-0.3, -0.25) is 14.6 Å². The number of nitrogens with zero attached hydrogens (tertiary/aromatic N) is 4. The molecule has 0 atom stereocenters. The van der Waals surface area contributed by atoms with Gasteiger partial charge in [-0.15, -0.1) is 11.3 Å². The lowest BCUT2D eigenvalue weighted by Crippen LogP contribution is -2.21. The van der Waals surface area contributed by atoms with Gasteiger partial charge in [0.25, 0.3) is 11.8 Å². The highest BCUT2D eigenvalue weighted by atomic mass is 32.1. The number of carbonyl (C=O) groups is 2. The van der Waals surface area contributed by atoms with Crippen LogP contribution in [0.3, 0.4) is 0 Å². The average molecular weight is 613 g/mol. The van der Waals surface area contributed by atoms with Gasteiger partial charge in [0.05, 0.1) is 29.9 Å². The smallest absolute Gasteiger partial charge is 0.261 e. The van der Waals surface area contributed by atoms with Crippen molar-refractivity contribution in [2.24, 2.45) is 0 Å². The lowest BCUT2D eigenvalue weighted by atomic mass is 10.0. The monoisotopic (exact) mass is 612 g/mol. The SMILES string of the molecule is COc1cccc(C(=O)Nc2ccc3sc(C(=O)NCc4cccnc4)cc3c2)c1Cc1cncn1Cc1ccc(C#N)cc1. The first-order valence-electron chi connectivity index (χ1n) is 14.2. The lowest BCUT2D eigenvalue weighted by Gasteiger charge is -2.15. The fourth-order valence-corrected chi connectivity index (χ4v) is 6.02. The Balaban J connectivity index is 1.19. The van der Waals surface area contributed by atoms with Gasteiger partial charge in [0.15, 0.2) is 0 Å². The molecule has 3 heterocycles. The Kier molecular flexibility index (Phi) is 8.62. The van der Waals surface area contributed by atoms with Gasteiger partial charge in [-0.25, -0.2) is 4.98 Å². The number of benzene rings is 3. The summed E-state index contributed by atoms with van der Waals surface area (Å²) in [7, 11) is 1.59. The van der Waals surface area contributed by atoms with Crippen LogP contribution in [0.15, 0.2) is 104 Å². The average Bonchev–Trinajstić information content (AvgIpc) is 3.71. The highest BCUT2D eigenvalue weighted by Gasteiger charge is 2.19. The van der Waals surface area contributed by atoms with Gasteiger partial charge in [-0.2, -0.15) is 5.26 Å². The number of ether oxygens (including phenoxy) is 1. The van der Waals surface area contributed by atoms with E-state index in [2.05, 4.69) is 26.7 Å². The Morgan fingerprint density at radius 3 is 2.60 bits per heavy atom. The van der Waals surface area contributed by atoms with Gasteiger partial charge in [-0.1, -0.05) is 24.3 Å². The van der Waals surface area contributed by atoms with E-state index in [0.29, 0.717) is 47.0 Å². The van der Waals surface area contributed by atoms with E-state index >= 15 is 0 Å². The molecule has 0 aliphatic carbocycles. The molecule has 6 rings (SSSR count). The molecule has 2 amide bonds. The molecule has 0 unspecified atom stereocenters. The molecular formula is C35H28N6O3S. The van der Waals surface area contributed by atoms with Crippen LogP contribution in [0, 0.1) is 11.3 Å². The van der Waals surface area contributed by atoms with Crippen LogP contribution in [0.25, 0.3) is 10.1 Å². The minimum Gasteiger partial charge on any atom is -0.496 e. The van der Waals surface area contributed by atoms with Gasteiger partial charge >= 0.3 is 0 Å². The van der Waals surface area contributed by atoms with Crippen molar-refractivity contribution >= 4 is 38.9 Å². The summed E-state index contributed by atoms with van der Waals surface area (Å²) in [6.07, 6.45) is 7.38. The van der Waals surface area contributed by atoms with E-state index in [1.165, 1.54) is 11.3 Å². The maximum absolute atomic E-state index is 13.7. The number of thiophene rings is 1. The molecule has 0 aliphatic heterocycles. The fourth-order valence-electron chi connectivity index (χ4n) is 5.06. The number of imidazole rings is 1. The van der Waals surface area contributed by atoms with Crippen molar-refractivity contribution in [3.63, 3.8) is 0 Å². The normalized spacial score (nSPS) is 10.8. The number of methoxy groups -OCH3 is 1. The second-order valence-electron chi connectivity index (χ2n) is 10.3. The molecule has 6 aromatic rings. The van der Waals surface area contributed by atoms with Crippen molar-refractivity contribution in [2.45, 2.75) is 19.5 Å². The van der Waals surface area contributed by atoms with Gasteiger partial charge < -0.3 is 19.9 Å². The molecule has 222 valence electrons. The highest BCUT2D eigenvalue weighted by molar-refractivity contribution is 7.20. The Bertz CT molecular complexity index is 2030. The van der Waals surface area contributed by atoms with Gasteiger partial charge in [-0.05, 0) is 71.1 Å². The van der Waals surface area contributed by atoms with E-state index in [-0.39, 0.29) is 11.8 Å². The Hall–Kier alpha value is -5.79. The zero-order valence-electron chi connectivity index (χ0n) is 24.4. The number of hydrogen-bond acceptors (Lipinski definition) is 7. The summed E-state index contributed by atoms with van der Waals surface area (Å²) in [6, 6.07) is 26.2. The topological polar surface area (TPSA) is 122 Å². The molecule has 0 saturated carbocycles. The molecule has 0 fully saturated rings. The highest BCUT2D eigenvalue weighted by Crippen LogP contribution is 2.30. The molecule has 2 N–H and O–H groups in total. The van der Waals surface area contributed by atoms with Crippen LogP contribution in [0.4, 0.5) is 5.69 Å². The zero-order chi connectivity index (χ0) is 31.2. The molecule has 0 bridgehead atoms. The molecule has 9 nitrogen and oxygen atoms in total. The standard InChI is InChI=1S/C35H28N6O3S/c1-44-31-6-2-5-29(30(31)16-28-20-38-22-41(28)21-24-9-7-23(17-36)8-10-24)34(42)40-27-11-12-32-26(14-27)15-33(45-32)35(43)39-19-25-4-3-13-37-18-25/h2-15,18,20,22H,16,19,21H2,1H3,(H,39,43)(H,40,42). The number of nitriles is 1. The zero-order valence-corrected chi connectivity index (χ0v) is 25.2. The summed E-state index contributed by atoms with van der Waals surface area (Å²) >= 11 is 1.40. The number of carbonyl (C=O) groups excluding carboxylic acids is 2. The predicted octanol–water partition coefficient (Wildman–Crippen LogP) is 6.19. The summed E-state index contributed by atoms with van der Waals surface area (Å²) in [6.45, 7) is 0.961. The fraction of sp³-hybridized carbons (Fsp3) is 0.114. The molecule has 45 heavy (non-hydrogen) atoms. The van der Waals surface area contributed by atoms with Crippen molar-refractivity contribution in [3.8, 4) is 11.8 Å². The summed E-state index contributed by atoms with van der Waals surface area (Å²) < 4.78 is 8.63. The summed E-state index contributed by atoms with van der Waals surface area (Å²) in [5, 5.41) is 15.9. The summed E-state index contributed by atoms with van der Waals surface area (Å²) in [5.41, 5.74) is 5.31. The van der Waals surface area contributed by atoms with Gasteiger partial charge in [0.2, 0.25) is 0 Å². The molecule has 10 heteroatoms. The minimum absolute atomic E-state index is 0.162. The second-order valence-corrected chi connectivity index (χ2v) is 11.4. The van der Waals surface area contributed by atoms with Crippen LogP contribution in [0.1, 0.15) is 48.0 Å². The van der Waals surface area contributed by atoms with E-state index in [0.717, 1.165) is 32.5 Å². The molecule has 3 aromatic heterocycles. The Labute approximate surface area is 263 Å². The number of fused-ring (bicyclic) bond motifs is 1. The maximum atomic E-state index is 13.7. The minimum atomic E-state index is -0.272. The molecule has 0 radical (unpaired) electrons. The van der Waals surface area contributed by atoms with Crippen LogP contribution in [-0.4, -0.2) is 33.5 Å².